The summed E-state index contributed by atoms with van der Waals surface area (Å²) < 4.78 is 15.0. The maximum atomic E-state index is 15.0. The van der Waals surface area contributed by atoms with Gasteiger partial charge in [0.05, 0.1) is 21.9 Å². The van der Waals surface area contributed by atoms with E-state index in [1.165, 1.54) is 11.6 Å². The van der Waals surface area contributed by atoms with E-state index in [0.29, 0.717) is 28.7 Å². The minimum atomic E-state index is -0.344. The molecule has 0 radical (unpaired) electrons. The Morgan fingerprint density at radius 2 is 1.79 bits per heavy atom. The lowest BCUT2D eigenvalue weighted by molar-refractivity contribution is 0.397. The maximum Gasteiger partial charge on any atom is 0.138 e. The lowest BCUT2D eigenvalue weighted by atomic mass is 9.90. The normalized spacial score (nSPS) is 16.1. The minimum Gasteiger partial charge on any atom is -0.351 e. The van der Waals surface area contributed by atoms with Gasteiger partial charge in [0.1, 0.15) is 11.6 Å². The van der Waals surface area contributed by atoms with E-state index in [-0.39, 0.29) is 11.9 Å². The van der Waals surface area contributed by atoms with Crippen molar-refractivity contribution in [3.05, 3.63) is 76.7 Å². The van der Waals surface area contributed by atoms with Crippen LogP contribution < -0.4 is 10.2 Å². The van der Waals surface area contributed by atoms with E-state index < -0.39 is 0 Å². The van der Waals surface area contributed by atoms with Crippen LogP contribution in [0.15, 0.2) is 54.6 Å². The second-order valence-electron chi connectivity index (χ2n) is 10.7. The van der Waals surface area contributed by atoms with Crippen molar-refractivity contribution in [3.63, 3.8) is 0 Å². The van der Waals surface area contributed by atoms with Crippen molar-refractivity contribution in [1.29, 1.82) is 0 Å². The highest BCUT2D eigenvalue weighted by atomic mass is 35.5. The maximum absolute atomic E-state index is 15.0. The Hall–Kier alpha value is -3.06. The number of anilines is 1. The summed E-state index contributed by atoms with van der Waals surface area (Å²) in [4.78, 5) is 15.0. The first-order chi connectivity index (χ1) is 18.3. The standard InChI is InChI=1S/C31H35ClFN5/c1-19(2)21-10-6-7-11-22(21)28-27(18-37(4)5)35-31(38-15-14-34-17-20(38)3)24-16-25(32)29(36-30(24)28)23-12-8-9-13-26(23)33/h6-13,16,19-20,34H,14-15,17-18H2,1-5H3. The molecule has 0 spiro atoms. The summed E-state index contributed by atoms with van der Waals surface area (Å²) in [5.74, 6) is 0.842. The number of halogens is 2. The SMILES string of the molecule is CC(C)c1ccccc1-c1c(CN(C)C)nc(N2CCNCC2C)c2cc(Cl)c(-c3ccccc3F)nc12. The molecule has 4 aromatic rings. The van der Waals surface area contributed by atoms with E-state index in [1.807, 2.05) is 12.1 Å². The predicted molar refractivity (Wildman–Crippen MR) is 157 cm³/mol. The molecule has 1 aliphatic rings. The summed E-state index contributed by atoms with van der Waals surface area (Å²) >= 11 is 6.87. The van der Waals surface area contributed by atoms with Gasteiger partial charge in [0.15, 0.2) is 0 Å². The number of nitrogens with one attached hydrogen (secondary N) is 1. The largest absolute Gasteiger partial charge is 0.351 e. The number of piperazine rings is 1. The molecule has 1 N–H and O–H groups in total. The lowest BCUT2D eigenvalue weighted by Crippen LogP contribution is -2.50. The molecule has 0 bridgehead atoms. The topological polar surface area (TPSA) is 44.3 Å². The molecule has 1 atom stereocenters. The van der Waals surface area contributed by atoms with Crippen LogP contribution in [0.4, 0.5) is 10.2 Å². The third kappa shape index (κ3) is 5.00. The Morgan fingerprint density at radius 1 is 1.08 bits per heavy atom. The Bertz CT molecular complexity index is 1470. The molecule has 5 nitrogen and oxygen atoms in total. The molecule has 1 unspecified atom stereocenters. The zero-order chi connectivity index (χ0) is 27.0. The van der Waals surface area contributed by atoms with Crippen molar-refractivity contribution >= 4 is 28.3 Å². The van der Waals surface area contributed by atoms with E-state index in [9.17, 15) is 4.39 Å². The molecule has 1 aliphatic heterocycles. The van der Waals surface area contributed by atoms with Gasteiger partial charge in [-0.05, 0) is 56.3 Å². The van der Waals surface area contributed by atoms with Crippen molar-refractivity contribution < 1.29 is 4.39 Å². The number of aromatic nitrogens is 2. The predicted octanol–water partition coefficient (Wildman–Crippen LogP) is 6.74. The number of hydrogen-bond acceptors (Lipinski definition) is 5. The zero-order valence-corrected chi connectivity index (χ0v) is 23.5. The molecule has 1 saturated heterocycles. The highest BCUT2D eigenvalue weighted by molar-refractivity contribution is 6.34. The first-order valence-corrected chi connectivity index (χ1v) is 13.6. The fourth-order valence-electron chi connectivity index (χ4n) is 5.37. The fraction of sp³-hybridized carbons (Fsp3) is 0.355. The van der Waals surface area contributed by atoms with Gasteiger partial charge in [0, 0.05) is 48.7 Å². The number of benzene rings is 2. The van der Waals surface area contributed by atoms with Gasteiger partial charge >= 0.3 is 0 Å². The van der Waals surface area contributed by atoms with Crippen molar-refractivity contribution in [2.75, 3.05) is 38.6 Å². The average Bonchev–Trinajstić information content (AvgIpc) is 2.88. The summed E-state index contributed by atoms with van der Waals surface area (Å²) in [5.41, 5.74) is 5.90. The fourth-order valence-corrected chi connectivity index (χ4v) is 5.63. The molecule has 2 aromatic carbocycles. The van der Waals surface area contributed by atoms with Gasteiger partial charge < -0.3 is 15.1 Å². The van der Waals surface area contributed by atoms with E-state index >= 15 is 0 Å². The molecule has 5 rings (SSSR count). The van der Waals surface area contributed by atoms with E-state index in [4.69, 9.17) is 21.6 Å². The summed E-state index contributed by atoms with van der Waals surface area (Å²) in [6.07, 6.45) is 0. The van der Waals surface area contributed by atoms with Crippen LogP contribution in [0.1, 0.15) is 37.9 Å². The van der Waals surface area contributed by atoms with Crippen LogP contribution in [0, 0.1) is 5.82 Å². The van der Waals surface area contributed by atoms with Gasteiger partial charge in [-0.2, -0.15) is 0 Å². The van der Waals surface area contributed by atoms with Gasteiger partial charge in [-0.25, -0.2) is 14.4 Å². The second kappa shape index (κ2) is 11.0. The van der Waals surface area contributed by atoms with Gasteiger partial charge in [-0.15, -0.1) is 0 Å². The summed E-state index contributed by atoms with van der Waals surface area (Å²) in [5, 5.41) is 4.78. The van der Waals surface area contributed by atoms with Crippen LogP contribution >= 0.6 is 11.6 Å². The van der Waals surface area contributed by atoms with Crippen LogP contribution in [0.3, 0.4) is 0 Å². The third-order valence-electron chi connectivity index (χ3n) is 7.20. The number of rotatable bonds is 6. The molecule has 3 heterocycles. The summed E-state index contributed by atoms with van der Waals surface area (Å²) in [6.45, 7) is 9.83. The smallest absolute Gasteiger partial charge is 0.138 e. The lowest BCUT2D eigenvalue weighted by Gasteiger charge is -2.36. The second-order valence-corrected chi connectivity index (χ2v) is 11.1. The van der Waals surface area contributed by atoms with Gasteiger partial charge in [-0.1, -0.05) is 61.8 Å². The first-order valence-electron chi connectivity index (χ1n) is 13.3. The summed E-state index contributed by atoms with van der Waals surface area (Å²) in [6, 6.07) is 17.3. The Kier molecular flexibility index (Phi) is 7.66. The van der Waals surface area contributed by atoms with E-state index in [2.05, 4.69) is 74.2 Å². The van der Waals surface area contributed by atoms with Crippen molar-refractivity contribution in [2.45, 2.75) is 39.3 Å². The number of fused-ring (bicyclic) bond motifs is 1. The molecule has 7 heteroatoms. The molecule has 198 valence electrons. The molecular weight excluding hydrogens is 497 g/mol. The molecule has 0 saturated carbocycles. The molecular formula is C31H35ClFN5. The molecule has 2 aromatic heterocycles. The summed E-state index contributed by atoms with van der Waals surface area (Å²) in [7, 11) is 4.11. The monoisotopic (exact) mass is 531 g/mol. The first kappa shape index (κ1) is 26.5. The number of nitrogens with zero attached hydrogens (tertiary/aromatic N) is 4. The van der Waals surface area contributed by atoms with Crippen LogP contribution in [0.2, 0.25) is 5.02 Å². The van der Waals surface area contributed by atoms with E-state index in [1.54, 1.807) is 12.1 Å². The highest BCUT2D eigenvalue weighted by Crippen LogP contribution is 2.42. The number of pyridine rings is 2. The molecule has 0 amide bonds. The van der Waals surface area contributed by atoms with Gasteiger partial charge in [0.25, 0.3) is 0 Å². The molecule has 1 fully saturated rings. The van der Waals surface area contributed by atoms with Crippen molar-refractivity contribution in [3.8, 4) is 22.4 Å². The van der Waals surface area contributed by atoms with E-state index in [0.717, 1.165) is 53.2 Å². The highest BCUT2D eigenvalue weighted by Gasteiger charge is 2.27. The average molecular weight is 532 g/mol. The molecule has 38 heavy (non-hydrogen) atoms. The molecule has 0 aliphatic carbocycles. The Balaban J connectivity index is 1.91. The van der Waals surface area contributed by atoms with Crippen LogP contribution in [-0.2, 0) is 6.54 Å². The van der Waals surface area contributed by atoms with Crippen LogP contribution in [0.5, 0.6) is 0 Å². The zero-order valence-electron chi connectivity index (χ0n) is 22.7. The van der Waals surface area contributed by atoms with Gasteiger partial charge in [0.2, 0.25) is 0 Å². The third-order valence-corrected chi connectivity index (χ3v) is 7.49. The van der Waals surface area contributed by atoms with Crippen molar-refractivity contribution in [1.82, 2.24) is 20.2 Å². The quantitative estimate of drug-likeness (QED) is 0.298. The van der Waals surface area contributed by atoms with Crippen LogP contribution in [0.25, 0.3) is 33.3 Å². The van der Waals surface area contributed by atoms with Crippen molar-refractivity contribution in [2.24, 2.45) is 0 Å². The Morgan fingerprint density at radius 3 is 2.47 bits per heavy atom. The van der Waals surface area contributed by atoms with Gasteiger partial charge in [-0.3, -0.25) is 0 Å². The van der Waals surface area contributed by atoms with Crippen LogP contribution in [-0.4, -0.2) is 54.6 Å². The minimum absolute atomic E-state index is 0.255. The Labute approximate surface area is 229 Å². The number of hydrogen-bond donors (Lipinski definition) is 1.